The van der Waals surface area contributed by atoms with E-state index in [0.717, 1.165) is 5.69 Å². The molecule has 0 bridgehead atoms. The van der Waals surface area contributed by atoms with Gasteiger partial charge in [0.15, 0.2) is 0 Å². The summed E-state index contributed by atoms with van der Waals surface area (Å²) in [6, 6.07) is 8.41. The second-order valence-corrected chi connectivity index (χ2v) is 4.34. The van der Waals surface area contributed by atoms with Crippen LogP contribution in [-0.4, -0.2) is 6.72 Å². The predicted molar refractivity (Wildman–Crippen MR) is 72.7 cm³/mol. The molecule has 0 fully saturated rings. The van der Waals surface area contributed by atoms with Crippen LogP contribution in [0.5, 0.6) is 0 Å². The zero-order valence-electron chi connectivity index (χ0n) is 10.4. The third kappa shape index (κ3) is 5.11. The number of rotatable bonds is 8. The lowest BCUT2D eigenvalue weighted by molar-refractivity contribution is 0.607. The zero-order chi connectivity index (χ0) is 11.6. The number of aliphatic imine (C=N–C) groups is 1. The summed E-state index contributed by atoms with van der Waals surface area (Å²) in [6.07, 6.45) is 9.38. The number of nitrogens with zero attached hydrogens (tertiary/aromatic N) is 1. The molecule has 0 radical (unpaired) electrons. The summed E-state index contributed by atoms with van der Waals surface area (Å²) in [7, 11) is 0. The summed E-state index contributed by atoms with van der Waals surface area (Å²) in [5.41, 5.74) is 2.38. The maximum absolute atomic E-state index is 3.89. The van der Waals surface area contributed by atoms with Crippen molar-refractivity contribution in [2.24, 2.45) is 4.99 Å². The van der Waals surface area contributed by atoms with Gasteiger partial charge in [0.25, 0.3) is 0 Å². The SMILES string of the molecule is C=Nc1ccc(CCCCCCCC)cc1. The molecule has 1 aromatic carbocycles. The molecule has 0 aliphatic rings. The first-order valence-corrected chi connectivity index (χ1v) is 6.42. The molecule has 1 aromatic rings. The Labute approximate surface area is 99.6 Å². The second-order valence-electron chi connectivity index (χ2n) is 4.34. The zero-order valence-corrected chi connectivity index (χ0v) is 10.4. The molecule has 88 valence electrons. The molecule has 0 aromatic heterocycles. The van der Waals surface area contributed by atoms with Crippen LogP contribution in [0.3, 0.4) is 0 Å². The first-order chi connectivity index (χ1) is 7.86. The molecule has 0 aliphatic carbocycles. The Morgan fingerprint density at radius 1 is 0.938 bits per heavy atom. The van der Waals surface area contributed by atoms with Crippen molar-refractivity contribution in [1.82, 2.24) is 0 Å². The topological polar surface area (TPSA) is 12.4 Å². The van der Waals surface area contributed by atoms with Crippen molar-refractivity contribution in [2.45, 2.75) is 51.9 Å². The van der Waals surface area contributed by atoms with E-state index in [-0.39, 0.29) is 0 Å². The fourth-order valence-electron chi connectivity index (χ4n) is 1.88. The summed E-state index contributed by atoms with van der Waals surface area (Å²) in [5, 5.41) is 0. The Morgan fingerprint density at radius 3 is 2.19 bits per heavy atom. The number of hydrogen-bond acceptors (Lipinski definition) is 1. The van der Waals surface area contributed by atoms with E-state index < -0.39 is 0 Å². The third-order valence-corrected chi connectivity index (χ3v) is 2.94. The van der Waals surface area contributed by atoms with Gasteiger partial charge in [-0.05, 0) is 37.3 Å². The van der Waals surface area contributed by atoms with Gasteiger partial charge >= 0.3 is 0 Å². The average Bonchev–Trinajstić information content (AvgIpc) is 2.34. The van der Waals surface area contributed by atoms with Crippen LogP contribution in [0.15, 0.2) is 29.3 Å². The summed E-state index contributed by atoms with van der Waals surface area (Å²) in [4.78, 5) is 3.89. The maximum Gasteiger partial charge on any atom is 0.0622 e. The number of hydrogen-bond donors (Lipinski definition) is 0. The van der Waals surface area contributed by atoms with E-state index in [1.54, 1.807) is 0 Å². The van der Waals surface area contributed by atoms with E-state index in [1.165, 1.54) is 50.5 Å². The van der Waals surface area contributed by atoms with Gasteiger partial charge in [0, 0.05) is 0 Å². The van der Waals surface area contributed by atoms with Crippen LogP contribution in [-0.2, 0) is 6.42 Å². The smallest absolute Gasteiger partial charge is 0.0622 e. The first kappa shape index (κ1) is 13.0. The van der Waals surface area contributed by atoms with Gasteiger partial charge in [-0.1, -0.05) is 51.2 Å². The minimum atomic E-state index is 0.965. The molecule has 0 unspecified atom stereocenters. The van der Waals surface area contributed by atoms with Crippen LogP contribution < -0.4 is 0 Å². The Morgan fingerprint density at radius 2 is 1.56 bits per heavy atom. The summed E-state index contributed by atoms with van der Waals surface area (Å²) < 4.78 is 0. The highest BCUT2D eigenvalue weighted by molar-refractivity contribution is 5.45. The lowest BCUT2D eigenvalue weighted by Crippen LogP contribution is -1.85. The molecule has 0 heterocycles. The Balaban J connectivity index is 2.14. The van der Waals surface area contributed by atoms with Crippen molar-refractivity contribution in [3.05, 3.63) is 29.8 Å². The molecule has 0 N–H and O–H groups in total. The molecule has 0 amide bonds. The van der Waals surface area contributed by atoms with E-state index in [0.29, 0.717) is 0 Å². The minimum Gasteiger partial charge on any atom is -0.265 e. The highest BCUT2D eigenvalue weighted by atomic mass is 14.7. The molecular weight excluding hydrogens is 194 g/mol. The number of benzene rings is 1. The molecule has 1 rings (SSSR count). The second kappa shape index (κ2) is 8.09. The van der Waals surface area contributed by atoms with Gasteiger partial charge in [-0.2, -0.15) is 0 Å². The van der Waals surface area contributed by atoms with E-state index in [4.69, 9.17) is 0 Å². The van der Waals surface area contributed by atoms with Crippen LogP contribution in [0.4, 0.5) is 5.69 Å². The van der Waals surface area contributed by atoms with Gasteiger partial charge in [0.1, 0.15) is 0 Å². The maximum atomic E-state index is 3.89. The van der Waals surface area contributed by atoms with Crippen molar-refractivity contribution in [1.29, 1.82) is 0 Å². The van der Waals surface area contributed by atoms with E-state index in [2.05, 4.69) is 30.8 Å². The molecular formula is C15H23N. The minimum absolute atomic E-state index is 0.965. The summed E-state index contributed by atoms with van der Waals surface area (Å²) in [5.74, 6) is 0. The molecule has 0 saturated carbocycles. The van der Waals surface area contributed by atoms with Crippen LogP contribution in [0, 0.1) is 0 Å². The molecule has 0 aliphatic heterocycles. The van der Waals surface area contributed by atoms with E-state index in [9.17, 15) is 0 Å². The fraction of sp³-hybridized carbons (Fsp3) is 0.533. The number of unbranched alkanes of at least 4 members (excludes halogenated alkanes) is 5. The monoisotopic (exact) mass is 217 g/mol. The Kier molecular flexibility index (Phi) is 6.55. The quantitative estimate of drug-likeness (QED) is 0.433. The standard InChI is InChI=1S/C15H23N/c1-3-4-5-6-7-8-9-14-10-12-15(16-2)13-11-14/h10-13H,2-9H2,1H3. The van der Waals surface area contributed by atoms with Crippen molar-refractivity contribution in [3.8, 4) is 0 Å². The third-order valence-electron chi connectivity index (χ3n) is 2.94. The van der Waals surface area contributed by atoms with Crippen LogP contribution in [0.25, 0.3) is 0 Å². The Hall–Kier alpha value is -1.11. The summed E-state index contributed by atoms with van der Waals surface area (Å²) >= 11 is 0. The summed E-state index contributed by atoms with van der Waals surface area (Å²) in [6.45, 7) is 5.77. The number of aryl methyl sites for hydroxylation is 1. The molecule has 0 saturated heterocycles. The van der Waals surface area contributed by atoms with Gasteiger partial charge in [0.2, 0.25) is 0 Å². The van der Waals surface area contributed by atoms with Gasteiger partial charge < -0.3 is 0 Å². The van der Waals surface area contributed by atoms with Gasteiger partial charge in [-0.3, -0.25) is 4.99 Å². The molecule has 1 nitrogen and oxygen atoms in total. The van der Waals surface area contributed by atoms with Crippen molar-refractivity contribution in [2.75, 3.05) is 0 Å². The fourth-order valence-corrected chi connectivity index (χ4v) is 1.88. The molecule has 0 atom stereocenters. The van der Waals surface area contributed by atoms with E-state index >= 15 is 0 Å². The largest absolute Gasteiger partial charge is 0.265 e. The van der Waals surface area contributed by atoms with Crippen LogP contribution in [0.2, 0.25) is 0 Å². The first-order valence-electron chi connectivity index (χ1n) is 6.42. The van der Waals surface area contributed by atoms with Crippen molar-refractivity contribution in [3.63, 3.8) is 0 Å². The molecule has 1 heteroatoms. The van der Waals surface area contributed by atoms with Crippen molar-refractivity contribution < 1.29 is 0 Å². The predicted octanol–water partition coefficient (Wildman–Crippen LogP) is 4.92. The van der Waals surface area contributed by atoms with Crippen LogP contribution >= 0.6 is 0 Å². The van der Waals surface area contributed by atoms with Gasteiger partial charge in [-0.25, -0.2) is 0 Å². The lowest BCUT2D eigenvalue weighted by atomic mass is 10.0. The average molecular weight is 217 g/mol. The lowest BCUT2D eigenvalue weighted by Gasteiger charge is -2.02. The molecule has 16 heavy (non-hydrogen) atoms. The normalized spacial score (nSPS) is 10.3. The van der Waals surface area contributed by atoms with Gasteiger partial charge in [-0.15, -0.1) is 0 Å². The van der Waals surface area contributed by atoms with Crippen LogP contribution in [0.1, 0.15) is 51.0 Å². The Bertz CT molecular complexity index is 287. The van der Waals surface area contributed by atoms with Gasteiger partial charge in [0.05, 0.1) is 5.69 Å². The molecule has 0 spiro atoms. The van der Waals surface area contributed by atoms with Crippen molar-refractivity contribution >= 4 is 12.4 Å². The highest BCUT2D eigenvalue weighted by Gasteiger charge is 1.94. The highest BCUT2D eigenvalue weighted by Crippen LogP contribution is 2.14. The van der Waals surface area contributed by atoms with E-state index in [1.807, 2.05) is 12.1 Å².